The van der Waals surface area contributed by atoms with Crippen molar-refractivity contribution >= 4 is 28.6 Å². The molecule has 1 aromatic carbocycles. The standard InChI is InChI=1S/C20H22N4O3S/c1-12(2)10-15-21-17-16(19(26)24(4)20(27)23(17)3)18(22-15)28-11-14(25)13-8-6-5-7-9-13/h5-9,12H,10-11H2,1-4H3. The number of thioether (sulfide) groups is 1. The first-order chi connectivity index (χ1) is 13.3. The maximum Gasteiger partial charge on any atom is 0.332 e. The monoisotopic (exact) mass is 398 g/mol. The molecule has 3 aromatic rings. The summed E-state index contributed by atoms with van der Waals surface area (Å²) in [6, 6.07) is 8.99. The predicted octanol–water partition coefficient (Wildman–Crippen LogP) is 2.20. The second-order valence-corrected chi connectivity index (χ2v) is 7.99. The SMILES string of the molecule is CC(C)Cc1nc(SCC(=O)c2ccccc2)c2c(=O)n(C)c(=O)n(C)c2n1. The van der Waals surface area contributed by atoms with Crippen molar-refractivity contribution in [3.05, 3.63) is 62.6 Å². The molecule has 0 bridgehead atoms. The Balaban J connectivity index is 2.10. The molecule has 0 saturated heterocycles. The van der Waals surface area contributed by atoms with Gasteiger partial charge in [-0.15, -0.1) is 0 Å². The molecule has 2 heterocycles. The highest BCUT2D eigenvalue weighted by atomic mass is 32.2. The van der Waals surface area contributed by atoms with Gasteiger partial charge in [0.2, 0.25) is 0 Å². The lowest BCUT2D eigenvalue weighted by Gasteiger charge is -2.12. The largest absolute Gasteiger partial charge is 0.332 e. The van der Waals surface area contributed by atoms with E-state index in [1.54, 1.807) is 19.2 Å². The molecule has 2 aromatic heterocycles. The molecule has 0 radical (unpaired) electrons. The van der Waals surface area contributed by atoms with Crippen LogP contribution in [0.25, 0.3) is 11.0 Å². The number of nitrogens with zero attached hydrogens (tertiary/aromatic N) is 4. The Morgan fingerprint density at radius 2 is 1.75 bits per heavy atom. The average Bonchev–Trinajstić information content (AvgIpc) is 2.68. The Bertz CT molecular complexity index is 1150. The molecule has 0 amide bonds. The molecular formula is C20H22N4O3S. The van der Waals surface area contributed by atoms with Crippen molar-refractivity contribution in [2.75, 3.05) is 5.75 Å². The van der Waals surface area contributed by atoms with E-state index >= 15 is 0 Å². The summed E-state index contributed by atoms with van der Waals surface area (Å²) in [5.74, 6) is 0.957. The highest BCUT2D eigenvalue weighted by Crippen LogP contribution is 2.24. The van der Waals surface area contributed by atoms with E-state index in [2.05, 4.69) is 9.97 Å². The van der Waals surface area contributed by atoms with E-state index in [0.717, 1.165) is 4.57 Å². The van der Waals surface area contributed by atoms with Gasteiger partial charge in [0.1, 0.15) is 16.2 Å². The zero-order valence-electron chi connectivity index (χ0n) is 16.3. The van der Waals surface area contributed by atoms with Crippen molar-refractivity contribution in [3.63, 3.8) is 0 Å². The molecule has 0 aliphatic carbocycles. The van der Waals surface area contributed by atoms with Crippen LogP contribution in [0.2, 0.25) is 0 Å². The molecule has 8 heteroatoms. The summed E-state index contributed by atoms with van der Waals surface area (Å²) < 4.78 is 2.39. The highest BCUT2D eigenvalue weighted by Gasteiger charge is 2.19. The number of fused-ring (bicyclic) bond motifs is 1. The van der Waals surface area contributed by atoms with Gasteiger partial charge in [-0.2, -0.15) is 0 Å². The van der Waals surface area contributed by atoms with Crippen LogP contribution < -0.4 is 11.2 Å². The highest BCUT2D eigenvalue weighted by molar-refractivity contribution is 8.00. The van der Waals surface area contributed by atoms with Gasteiger partial charge >= 0.3 is 5.69 Å². The van der Waals surface area contributed by atoms with E-state index in [4.69, 9.17) is 0 Å². The van der Waals surface area contributed by atoms with Gasteiger partial charge in [0.15, 0.2) is 11.4 Å². The number of aromatic nitrogens is 4. The number of hydrogen-bond donors (Lipinski definition) is 0. The van der Waals surface area contributed by atoms with Crippen LogP contribution in [-0.2, 0) is 20.5 Å². The van der Waals surface area contributed by atoms with Crippen molar-refractivity contribution < 1.29 is 4.79 Å². The molecule has 0 fully saturated rings. The zero-order chi connectivity index (χ0) is 20.4. The van der Waals surface area contributed by atoms with Crippen LogP contribution in [0.5, 0.6) is 0 Å². The van der Waals surface area contributed by atoms with E-state index < -0.39 is 11.2 Å². The maximum absolute atomic E-state index is 12.7. The molecular weight excluding hydrogens is 376 g/mol. The van der Waals surface area contributed by atoms with Gasteiger partial charge in [-0.05, 0) is 5.92 Å². The molecule has 0 unspecified atom stereocenters. The van der Waals surface area contributed by atoms with Gasteiger partial charge in [-0.25, -0.2) is 14.8 Å². The quantitative estimate of drug-likeness (QED) is 0.359. The number of hydrogen-bond acceptors (Lipinski definition) is 6. The second kappa shape index (κ2) is 8.10. The first-order valence-electron chi connectivity index (χ1n) is 8.97. The third-order valence-corrected chi connectivity index (χ3v) is 5.32. The molecule has 0 aliphatic heterocycles. The molecule has 3 rings (SSSR count). The summed E-state index contributed by atoms with van der Waals surface area (Å²) in [7, 11) is 3.01. The number of aryl methyl sites for hydroxylation is 1. The number of carbonyl (C=O) groups excluding carboxylic acids is 1. The van der Waals surface area contributed by atoms with E-state index in [1.807, 2.05) is 32.0 Å². The first-order valence-corrected chi connectivity index (χ1v) is 9.95. The number of carbonyl (C=O) groups is 1. The van der Waals surface area contributed by atoms with Crippen molar-refractivity contribution in [2.24, 2.45) is 20.0 Å². The van der Waals surface area contributed by atoms with Crippen molar-refractivity contribution in [1.29, 1.82) is 0 Å². The topological polar surface area (TPSA) is 86.9 Å². The molecule has 0 spiro atoms. The smallest absolute Gasteiger partial charge is 0.293 e. The van der Waals surface area contributed by atoms with Crippen LogP contribution in [0.3, 0.4) is 0 Å². The summed E-state index contributed by atoms with van der Waals surface area (Å²) in [4.78, 5) is 46.5. The molecule has 146 valence electrons. The van der Waals surface area contributed by atoms with E-state index in [-0.39, 0.29) is 16.9 Å². The third-order valence-electron chi connectivity index (χ3n) is 4.34. The summed E-state index contributed by atoms with van der Waals surface area (Å²) in [6.07, 6.45) is 0.611. The van der Waals surface area contributed by atoms with E-state index in [0.29, 0.717) is 34.4 Å². The lowest BCUT2D eigenvalue weighted by atomic mass is 10.1. The number of rotatable bonds is 6. The molecule has 0 atom stereocenters. The van der Waals surface area contributed by atoms with Crippen molar-refractivity contribution in [3.8, 4) is 0 Å². The third kappa shape index (κ3) is 3.91. The van der Waals surface area contributed by atoms with Gasteiger partial charge in [0.05, 0.1) is 5.75 Å². The molecule has 28 heavy (non-hydrogen) atoms. The second-order valence-electron chi connectivity index (χ2n) is 7.03. The van der Waals surface area contributed by atoms with Crippen LogP contribution in [0, 0.1) is 5.92 Å². The first kappa shape index (κ1) is 20.0. The minimum Gasteiger partial charge on any atom is -0.293 e. The summed E-state index contributed by atoms with van der Waals surface area (Å²) in [5.41, 5.74) is 0.0105. The van der Waals surface area contributed by atoms with Crippen molar-refractivity contribution in [2.45, 2.75) is 25.3 Å². The number of ketones is 1. The Morgan fingerprint density at radius 1 is 1.07 bits per heavy atom. The Kier molecular flexibility index (Phi) is 5.79. The molecule has 0 aliphatic rings. The predicted molar refractivity (Wildman–Crippen MR) is 110 cm³/mol. The number of Topliss-reactive ketones (excluding diaryl/α,β-unsaturated/α-hetero) is 1. The molecule has 7 nitrogen and oxygen atoms in total. The van der Waals surface area contributed by atoms with E-state index in [1.165, 1.54) is 23.4 Å². The molecule has 0 saturated carbocycles. The lowest BCUT2D eigenvalue weighted by molar-refractivity contribution is 0.102. The fourth-order valence-electron chi connectivity index (χ4n) is 2.87. The Hall–Kier alpha value is -2.74. The number of benzene rings is 1. The van der Waals surface area contributed by atoms with Gasteiger partial charge in [0.25, 0.3) is 5.56 Å². The summed E-state index contributed by atoms with van der Waals surface area (Å²) in [5, 5.41) is 0.698. The minimum absolute atomic E-state index is 0.0515. The van der Waals surface area contributed by atoms with Crippen LogP contribution >= 0.6 is 11.8 Å². The van der Waals surface area contributed by atoms with Gasteiger partial charge < -0.3 is 0 Å². The summed E-state index contributed by atoms with van der Waals surface area (Å²) in [6.45, 7) is 4.09. The Labute approximate surface area is 166 Å². The summed E-state index contributed by atoms with van der Waals surface area (Å²) >= 11 is 1.20. The minimum atomic E-state index is -0.455. The maximum atomic E-state index is 12.7. The van der Waals surface area contributed by atoms with Crippen LogP contribution in [0.4, 0.5) is 0 Å². The average molecular weight is 398 g/mol. The Morgan fingerprint density at radius 3 is 2.39 bits per heavy atom. The fourth-order valence-corrected chi connectivity index (χ4v) is 3.80. The van der Waals surface area contributed by atoms with Gasteiger partial charge in [0, 0.05) is 26.1 Å². The van der Waals surface area contributed by atoms with Crippen molar-refractivity contribution in [1.82, 2.24) is 19.1 Å². The zero-order valence-corrected chi connectivity index (χ0v) is 17.1. The molecule has 0 N–H and O–H groups in total. The van der Waals surface area contributed by atoms with Gasteiger partial charge in [-0.1, -0.05) is 55.9 Å². The normalized spacial score (nSPS) is 11.3. The van der Waals surface area contributed by atoms with Crippen LogP contribution in [-0.4, -0.2) is 30.6 Å². The van der Waals surface area contributed by atoms with E-state index in [9.17, 15) is 14.4 Å². The fraction of sp³-hybridized carbons (Fsp3) is 0.350. The lowest BCUT2D eigenvalue weighted by Crippen LogP contribution is -2.38. The van der Waals surface area contributed by atoms with Gasteiger partial charge in [-0.3, -0.25) is 18.7 Å². The van der Waals surface area contributed by atoms with Crippen LogP contribution in [0.1, 0.15) is 30.0 Å². The van der Waals surface area contributed by atoms with Crippen LogP contribution in [0.15, 0.2) is 44.9 Å².